The molecule has 0 heterocycles. The van der Waals surface area contributed by atoms with E-state index < -0.39 is 5.91 Å². The van der Waals surface area contributed by atoms with Crippen molar-refractivity contribution in [2.75, 3.05) is 7.05 Å². The van der Waals surface area contributed by atoms with Crippen LogP contribution in [0.3, 0.4) is 0 Å². The molecule has 0 radical (unpaired) electrons. The van der Waals surface area contributed by atoms with Crippen LogP contribution in [0.5, 0.6) is 5.75 Å². The minimum absolute atomic E-state index is 0.105. The van der Waals surface area contributed by atoms with Crippen LogP contribution >= 0.6 is 0 Å². The molecule has 2 aromatic rings. The molecule has 4 heteroatoms. The maximum Gasteiger partial charge on any atom is 0.254 e. The van der Waals surface area contributed by atoms with E-state index in [2.05, 4.69) is 5.32 Å². The van der Waals surface area contributed by atoms with E-state index in [0.717, 1.165) is 5.39 Å². The van der Waals surface area contributed by atoms with Gasteiger partial charge in [0.25, 0.3) is 5.91 Å². The molecular formula is C13H11NO3. The standard InChI is InChI=1S/C13H11NO3/c1-14-13(17)10-6-8-4-2-3-5-9(8)11(7-15)12(10)16/h2-7,16H,1H3,(H,14,17). The maximum absolute atomic E-state index is 11.6. The fourth-order valence-electron chi connectivity index (χ4n) is 1.79. The summed E-state index contributed by atoms with van der Waals surface area (Å²) in [6.45, 7) is 0. The summed E-state index contributed by atoms with van der Waals surface area (Å²) < 4.78 is 0. The van der Waals surface area contributed by atoms with Crippen molar-refractivity contribution in [3.05, 3.63) is 41.5 Å². The van der Waals surface area contributed by atoms with Crippen molar-refractivity contribution >= 4 is 23.0 Å². The third-order valence-corrected chi connectivity index (χ3v) is 2.65. The van der Waals surface area contributed by atoms with Crippen LogP contribution in [0, 0.1) is 0 Å². The Morgan fingerprint density at radius 1 is 1.35 bits per heavy atom. The monoisotopic (exact) mass is 229 g/mol. The predicted octanol–water partition coefficient (Wildman–Crippen LogP) is 1.72. The quantitative estimate of drug-likeness (QED) is 0.770. The largest absolute Gasteiger partial charge is 0.506 e. The number of carbonyl (C=O) groups is 2. The van der Waals surface area contributed by atoms with Gasteiger partial charge in [0.05, 0.1) is 11.1 Å². The Kier molecular flexibility index (Phi) is 2.78. The number of rotatable bonds is 2. The molecule has 1 amide bonds. The highest BCUT2D eigenvalue weighted by molar-refractivity contribution is 6.08. The molecule has 2 N–H and O–H groups in total. The average Bonchev–Trinajstić information content (AvgIpc) is 2.37. The van der Waals surface area contributed by atoms with Crippen molar-refractivity contribution in [2.24, 2.45) is 0 Å². The number of hydrogen-bond donors (Lipinski definition) is 2. The Bertz CT molecular complexity index is 605. The Hall–Kier alpha value is -2.36. The zero-order valence-electron chi connectivity index (χ0n) is 9.23. The summed E-state index contributed by atoms with van der Waals surface area (Å²) in [5.41, 5.74) is 0.245. The average molecular weight is 229 g/mol. The number of aromatic hydroxyl groups is 1. The van der Waals surface area contributed by atoms with Gasteiger partial charge in [-0.05, 0) is 16.8 Å². The number of aldehydes is 1. The van der Waals surface area contributed by atoms with Crippen molar-refractivity contribution in [3.63, 3.8) is 0 Å². The summed E-state index contributed by atoms with van der Waals surface area (Å²) >= 11 is 0. The van der Waals surface area contributed by atoms with Crippen molar-refractivity contribution in [3.8, 4) is 5.75 Å². The molecule has 0 aromatic heterocycles. The van der Waals surface area contributed by atoms with Crippen molar-refractivity contribution in [1.82, 2.24) is 5.32 Å². The summed E-state index contributed by atoms with van der Waals surface area (Å²) in [6, 6.07) is 8.66. The second kappa shape index (κ2) is 4.25. The number of carbonyl (C=O) groups excluding carboxylic acids is 2. The lowest BCUT2D eigenvalue weighted by Gasteiger charge is -2.09. The Morgan fingerprint density at radius 3 is 2.71 bits per heavy atom. The van der Waals surface area contributed by atoms with E-state index in [9.17, 15) is 14.7 Å². The number of phenols is 1. The first-order valence-corrected chi connectivity index (χ1v) is 5.11. The second-order valence-electron chi connectivity index (χ2n) is 3.60. The van der Waals surface area contributed by atoms with Crippen LogP contribution in [0.25, 0.3) is 10.8 Å². The summed E-state index contributed by atoms with van der Waals surface area (Å²) in [5, 5.41) is 13.7. The Balaban J connectivity index is 2.84. The Morgan fingerprint density at radius 2 is 2.06 bits per heavy atom. The first-order valence-electron chi connectivity index (χ1n) is 5.11. The van der Waals surface area contributed by atoms with E-state index in [-0.39, 0.29) is 16.9 Å². The topological polar surface area (TPSA) is 66.4 Å². The molecule has 2 rings (SSSR count). The first kappa shape index (κ1) is 11.1. The van der Waals surface area contributed by atoms with Crippen LogP contribution in [-0.4, -0.2) is 24.3 Å². The van der Waals surface area contributed by atoms with E-state index in [1.54, 1.807) is 24.3 Å². The Labute approximate surface area is 97.9 Å². The minimum Gasteiger partial charge on any atom is -0.506 e. The molecule has 0 aliphatic carbocycles. The van der Waals surface area contributed by atoms with Gasteiger partial charge >= 0.3 is 0 Å². The molecule has 0 fully saturated rings. The third kappa shape index (κ3) is 1.73. The van der Waals surface area contributed by atoms with Gasteiger partial charge in [0.15, 0.2) is 6.29 Å². The highest BCUT2D eigenvalue weighted by atomic mass is 16.3. The van der Waals surface area contributed by atoms with E-state index >= 15 is 0 Å². The molecule has 0 aliphatic heterocycles. The maximum atomic E-state index is 11.6. The predicted molar refractivity (Wildman–Crippen MR) is 64.4 cm³/mol. The van der Waals surface area contributed by atoms with Crippen molar-refractivity contribution in [1.29, 1.82) is 0 Å². The lowest BCUT2D eigenvalue weighted by atomic mass is 9.99. The van der Waals surface area contributed by atoms with Gasteiger partial charge in [0.2, 0.25) is 0 Å². The lowest BCUT2D eigenvalue weighted by molar-refractivity contribution is 0.0960. The second-order valence-corrected chi connectivity index (χ2v) is 3.60. The van der Waals surface area contributed by atoms with E-state index in [0.29, 0.717) is 11.7 Å². The molecule has 0 saturated heterocycles. The van der Waals surface area contributed by atoms with Crippen LogP contribution in [0.1, 0.15) is 20.7 Å². The molecule has 0 aliphatic rings. The van der Waals surface area contributed by atoms with Gasteiger partial charge in [-0.1, -0.05) is 24.3 Å². The fraction of sp³-hybridized carbons (Fsp3) is 0.0769. The van der Waals surface area contributed by atoms with Gasteiger partial charge in [-0.3, -0.25) is 9.59 Å². The molecule has 0 spiro atoms. The molecule has 4 nitrogen and oxygen atoms in total. The molecular weight excluding hydrogens is 218 g/mol. The number of benzene rings is 2. The van der Waals surface area contributed by atoms with E-state index in [1.807, 2.05) is 6.07 Å². The number of nitrogens with one attached hydrogen (secondary N) is 1. The van der Waals surface area contributed by atoms with E-state index in [4.69, 9.17) is 0 Å². The number of amides is 1. The number of hydrogen-bond acceptors (Lipinski definition) is 3. The molecule has 0 bridgehead atoms. The zero-order chi connectivity index (χ0) is 12.4. The lowest BCUT2D eigenvalue weighted by Crippen LogP contribution is -2.18. The number of fused-ring (bicyclic) bond motifs is 1. The van der Waals surface area contributed by atoms with Gasteiger partial charge in [-0.15, -0.1) is 0 Å². The summed E-state index contributed by atoms with van der Waals surface area (Å²) in [6.07, 6.45) is 0.560. The SMILES string of the molecule is CNC(=O)c1cc2ccccc2c(C=O)c1O. The van der Waals surface area contributed by atoms with Gasteiger partial charge in [0.1, 0.15) is 5.75 Å². The van der Waals surface area contributed by atoms with Crippen LogP contribution < -0.4 is 5.32 Å². The fourth-order valence-corrected chi connectivity index (χ4v) is 1.79. The van der Waals surface area contributed by atoms with Crippen molar-refractivity contribution in [2.45, 2.75) is 0 Å². The van der Waals surface area contributed by atoms with Crippen LogP contribution in [0.15, 0.2) is 30.3 Å². The van der Waals surface area contributed by atoms with Gasteiger partial charge < -0.3 is 10.4 Å². The smallest absolute Gasteiger partial charge is 0.254 e. The van der Waals surface area contributed by atoms with Gasteiger partial charge in [0, 0.05) is 7.05 Å². The van der Waals surface area contributed by atoms with Crippen LogP contribution in [-0.2, 0) is 0 Å². The van der Waals surface area contributed by atoms with Gasteiger partial charge in [-0.2, -0.15) is 0 Å². The molecule has 0 atom stereocenters. The summed E-state index contributed by atoms with van der Waals surface area (Å²) in [7, 11) is 1.47. The molecule has 0 unspecified atom stereocenters. The van der Waals surface area contributed by atoms with Crippen molar-refractivity contribution < 1.29 is 14.7 Å². The molecule has 2 aromatic carbocycles. The molecule has 86 valence electrons. The van der Waals surface area contributed by atoms with Crippen LogP contribution in [0.2, 0.25) is 0 Å². The normalized spacial score (nSPS) is 10.2. The van der Waals surface area contributed by atoms with Gasteiger partial charge in [-0.25, -0.2) is 0 Å². The first-order chi connectivity index (χ1) is 8.19. The van der Waals surface area contributed by atoms with E-state index in [1.165, 1.54) is 7.05 Å². The molecule has 17 heavy (non-hydrogen) atoms. The highest BCUT2D eigenvalue weighted by Gasteiger charge is 2.16. The zero-order valence-corrected chi connectivity index (χ0v) is 9.23. The number of phenolic OH excluding ortho intramolecular Hbond substituents is 1. The highest BCUT2D eigenvalue weighted by Crippen LogP contribution is 2.29. The summed E-state index contributed by atoms with van der Waals surface area (Å²) in [4.78, 5) is 22.6. The minimum atomic E-state index is -0.420. The molecule has 0 saturated carbocycles. The summed E-state index contributed by atoms with van der Waals surface area (Å²) in [5.74, 6) is -0.700. The van der Waals surface area contributed by atoms with Crippen LogP contribution in [0.4, 0.5) is 0 Å². The third-order valence-electron chi connectivity index (χ3n) is 2.65.